The summed E-state index contributed by atoms with van der Waals surface area (Å²) in [6, 6.07) is 0. The lowest BCUT2D eigenvalue weighted by Gasteiger charge is -1.87. The monoisotopic (exact) mass is 140 g/mol. The molecule has 0 aromatic rings. The van der Waals surface area contributed by atoms with Gasteiger partial charge in [-0.2, -0.15) is 0 Å². The van der Waals surface area contributed by atoms with Gasteiger partial charge < -0.3 is 10.1 Å². The molecule has 0 rings (SSSR count). The second-order valence-corrected chi connectivity index (χ2v) is 1.84. The maximum absolute atomic E-state index is 9.93. The Morgan fingerprint density at radius 2 is 2.40 bits per heavy atom. The Labute approximate surface area is 60.8 Å². The number of hydrogen-bond acceptors (Lipinski definition) is 3. The van der Waals surface area contributed by atoms with Gasteiger partial charge in [0.05, 0.1) is 0 Å². The van der Waals surface area contributed by atoms with Crippen molar-refractivity contribution in [1.82, 2.24) is 5.32 Å². The van der Waals surface area contributed by atoms with Gasteiger partial charge in [-0.3, -0.25) is 4.99 Å². The average molecular weight is 140 g/mol. The van der Waals surface area contributed by atoms with Crippen LogP contribution in [0.15, 0.2) is 17.4 Å². The van der Waals surface area contributed by atoms with E-state index in [9.17, 15) is 4.79 Å². The second kappa shape index (κ2) is 6.01. The highest BCUT2D eigenvalue weighted by Gasteiger charge is 1.83. The van der Waals surface area contributed by atoms with Crippen molar-refractivity contribution >= 4 is 12.0 Å². The summed E-state index contributed by atoms with van der Waals surface area (Å²) in [7, 11) is 1.79. The lowest BCUT2D eigenvalue weighted by Crippen LogP contribution is -1.93. The minimum Gasteiger partial charge on any atom is -0.393 e. The molecular formula is C7H12N2O. The summed E-state index contributed by atoms with van der Waals surface area (Å²) < 4.78 is 0. The van der Waals surface area contributed by atoms with E-state index >= 15 is 0 Å². The summed E-state index contributed by atoms with van der Waals surface area (Å²) in [5.41, 5.74) is 0.821. The first-order valence-electron chi connectivity index (χ1n) is 3.10. The normalized spacial score (nSPS) is 12.0. The van der Waals surface area contributed by atoms with Gasteiger partial charge in [-0.1, -0.05) is 0 Å². The number of nitrogens with one attached hydrogen (secondary N) is 1. The van der Waals surface area contributed by atoms with Crippen molar-refractivity contribution in [3.63, 3.8) is 0 Å². The SMILES string of the molecule is CN/C=C\N=C(C)CC=O. The molecule has 0 aliphatic heterocycles. The van der Waals surface area contributed by atoms with Crippen molar-refractivity contribution in [2.75, 3.05) is 7.05 Å². The second-order valence-electron chi connectivity index (χ2n) is 1.84. The molecule has 0 spiro atoms. The van der Waals surface area contributed by atoms with E-state index in [4.69, 9.17) is 0 Å². The lowest BCUT2D eigenvalue weighted by atomic mass is 10.3. The first kappa shape index (κ1) is 8.88. The van der Waals surface area contributed by atoms with Gasteiger partial charge in [0.25, 0.3) is 0 Å². The highest BCUT2D eigenvalue weighted by Crippen LogP contribution is 1.82. The smallest absolute Gasteiger partial charge is 0.125 e. The topological polar surface area (TPSA) is 41.5 Å². The van der Waals surface area contributed by atoms with E-state index in [1.165, 1.54) is 0 Å². The van der Waals surface area contributed by atoms with Gasteiger partial charge in [-0.05, 0) is 6.92 Å². The molecule has 0 heterocycles. The molecule has 10 heavy (non-hydrogen) atoms. The molecule has 56 valence electrons. The van der Waals surface area contributed by atoms with Gasteiger partial charge in [0, 0.05) is 31.6 Å². The van der Waals surface area contributed by atoms with Crippen molar-refractivity contribution < 1.29 is 4.79 Å². The fourth-order valence-corrected chi connectivity index (χ4v) is 0.412. The number of aldehydes is 1. The van der Waals surface area contributed by atoms with Crippen molar-refractivity contribution in [2.24, 2.45) is 4.99 Å². The highest BCUT2D eigenvalue weighted by molar-refractivity contribution is 5.92. The summed E-state index contributed by atoms with van der Waals surface area (Å²) in [4.78, 5) is 13.9. The molecule has 0 aromatic carbocycles. The van der Waals surface area contributed by atoms with Crippen LogP contribution in [0.2, 0.25) is 0 Å². The molecule has 0 atom stereocenters. The Morgan fingerprint density at radius 3 is 2.90 bits per heavy atom. The number of hydrogen-bond donors (Lipinski definition) is 1. The van der Waals surface area contributed by atoms with Gasteiger partial charge in [0.1, 0.15) is 6.29 Å². The van der Waals surface area contributed by atoms with E-state index in [1.807, 2.05) is 6.92 Å². The fourth-order valence-electron chi connectivity index (χ4n) is 0.412. The van der Waals surface area contributed by atoms with Crippen LogP contribution < -0.4 is 5.32 Å². The Morgan fingerprint density at radius 1 is 1.70 bits per heavy atom. The van der Waals surface area contributed by atoms with E-state index in [2.05, 4.69) is 10.3 Å². The highest BCUT2D eigenvalue weighted by atomic mass is 16.1. The number of nitrogens with zero attached hydrogens (tertiary/aromatic N) is 1. The molecular weight excluding hydrogens is 128 g/mol. The number of aliphatic imine (C=N–C) groups is 1. The van der Waals surface area contributed by atoms with Crippen LogP contribution in [-0.4, -0.2) is 19.0 Å². The molecule has 0 fully saturated rings. The quantitative estimate of drug-likeness (QED) is 0.462. The molecule has 3 nitrogen and oxygen atoms in total. The van der Waals surface area contributed by atoms with Crippen LogP contribution in [0.3, 0.4) is 0 Å². The van der Waals surface area contributed by atoms with Gasteiger partial charge in [0.15, 0.2) is 0 Å². The number of carbonyl (C=O) groups excluding carboxylic acids is 1. The molecule has 0 bridgehead atoms. The number of carbonyl (C=O) groups is 1. The molecule has 0 aliphatic carbocycles. The third-order valence-corrected chi connectivity index (χ3v) is 0.915. The van der Waals surface area contributed by atoms with Crippen LogP contribution in [0.25, 0.3) is 0 Å². The zero-order valence-corrected chi connectivity index (χ0v) is 6.29. The maximum Gasteiger partial charge on any atom is 0.125 e. The van der Waals surface area contributed by atoms with Crippen LogP contribution in [0.4, 0.5) is 0 Å². The molecule has 0 aromatic heterocycles. The summed E-state index contributed by atoms with van der Waals surface area (Å²) in [5, 5.41) is 2.79. The number of rotatable bonds is 4. The molecule has 0 aliphatic rings. The molecule has 0 amide bonds. The van der Waals surface area contributed by atoms with E-state index in [0.717, 1.165) is 12.0 Å². The summed E-state index contributed by atoms with van der Waals surface area (Å²) in [6.45, 7) is 1.81. The molecule has 3 heteroatoms. The Balaban J connectivity index is 3.67. The molecule has 0 saturated heterocycles. The third kappa shape index (κ3) is 5.03. The molecule has 0 saturated carbocycles. The summed E-state index contributed by atoms with van der Waals surface area (Å²) in [6.07, 6.45) is 4.58. The summed E-state index contributed by atoms with van der Waals surface area (Å²) >= 11 is 0. The third-order valence-electron chi connectivity index (χ3n) is 0.915. The van der Waals surface area contributed by atoms with Crippen molar-refractivity contribution in [3.8, 4) is 0 Å². The van der Waals surface area contributed by atoms with Crippen LogP contribution in [-0.2, 0) is 4.79 Å². The Bertz CT molecular complexity index is 150. The van der Waals surface area contributed by atoms with Gasteiger partial charge in [-0.15, -0.1) is 0 Å². The molecule has 0 unspecified atom stereocenters. The largest absolute Gasteiger partial charge is 0.393 e. The predicted octanol–water partition coefficient (Wildman–Crippen LogP) is 0.727. The average Bonchev–Trinajstić information content (AvgIpc) is 1.89. The van der Waals surface area contributed by atoms with Crippen molar-refractivity contribution in [1.29, 1.82) is 0 Å². The minimum atomic E-state index is 0.411. The maximum atomic E-state index is 9.93. The van der Waals surface area contributed by atoms with E-state index in [1.54, 1.807) is 19.4 Å². The zero-order valence-electron chi connectivity index (χ0n) is 6.29. The predicted molar refractivity (Wildman–Crippen MR) is 42.0 cm³/mol. The van der Waals surface area contributed by atoms with Crippen LogP contribution in [0.1, 0.15) is 13.3 Å². The Hall–Kier alpha value is -1.12. The molecule has 0 radical (unpaired) electrons. The minimum absolute atomic E-state index is 0.411. The van der Waals surface area contributed by atoms with Gasteiger partial charge in [-0.25, -0.2) is 0 Å². The van der Waals surface area contributed by atoms with Crippen LogP contribution in [0.5, 0.6) is 0 Å². The van der Waals surface area contributed by atoms with E-state index in [-0.39, 0.29) is 0 Å². The van der Waals surface area contributed by atoms with Crippen molar-refractivity contribution in [3.05, 3.63) is 12.4 Å². The fraction of sp³-hybridized carbons (Fsp3) is 0.429. The van der Waals surface area contributed by atoms with Gasteiger partial charge >= 0.3 is 0 Å². The van der Waals surface area contributed by atoms with Crippen molar-refractivity contribution in [2.45, 2.75) is 13.3 Å². The first-order valence-corrected chi connectivity index (χ1v) is 3.10. The van der Waals surface area contributed by atoms with E-state index < -0.39 is 0 Å². The summed E-state index contributed by atoms with van der Waals surface area (Å²) in [5.74, 6) is 0. The molecule has 1 N–H and O–H groups in total. The van der Waals surface area contributed by atoms with Crippen LogP contribution in [0, 0.1) is 0 Å². The van der Waals surface area contributed by atoms with Gasteiger partial charge in [0.2, 0.25) is 0 Å². The standard InChI is InChI=1S/C7H12N2O/c1-7(3-6-10)9-5-4-8-2/h4-6,8H,3H2,1-2H3/b5-4-,9-7?. The lowest BCUT2D eigenvalue weighted by molar-refractivity contribution is -0.106. The Kier molecular flexibility index (Phi) is 5.33. The van der Waals surface area contributed by atoms with E-state index in [0.29, 0.717) is 6.42 Å². The zero-order chi connectivity index (χ0) is 7.82. The van der Waals surface area contributed by atoms with Crippen LogP contribution >= 0.6 is 0 Å². The first-order chi connectivity index (χ1) is 4.81.